The standard InChI is InChI=1S/C8H7N.CH4/c1-3-8-6-9-5-4-7(8)2;/h1,4-6H,2H3;1H4. The van der Waals surface area contributed by atoms with Crippen LogP contribution in [-0.2, 0) is 0 Å². The van der Waals surface area contributed by atoms with Crippen molar-refractivity contribution in [3.63, 3.8) is 0 Å². The number of hydrogen-bond acceptors (Lipinski definition) is 1. The fourth-order valence-electron chi connectivity index (χ4n) is 0.615. The first-order valence-electron chi connectivity index (χ1n) is 2.72. The fourth-order valence-corrected chi connectivity index (χ4v) is 0.615. The molecule has 0 atom stereocenters. The molecule has 10 heavy (non-hydrogen) atoms. The number of rotatable bonds is 0. The number of aromatic nitrogens is 1. The van der Waals surface area contributed by atoms with Crippen LogP contribution < -0.4 is 0 Å². The summed E-state index contributed by atoms with van der Waals surface area (Å²) in [5.41, 5.74) is 1.98. The minimum absolute atomic E-state index is 0. The van der Waals surface area contributed by atoms with Crippen LogP contribution in [0.2, 0.25) is 0 Å². The fraction of sp³-hybridized carbons (Fsp3) is 0.222. The molecule has 1 rings (SSSR count). The van der Waals surface area contributed by atoms with Crippen LogP contribution >= 0.6 is 0 Å². The molecule has 1 aromatic heterocycles. The van der Waals surface area contributed by atoms with Gasteiger partial charge in [-0.25, -0.2) is 0 Å². The van der Waals surface area contributed by atoms with Crippen LogP contribution in [-0.4, -0.2) is 4.98 Å². The molecule has 0 fully saturated rings. The first kappa shape index (κ1) is 8.71. The van der Waals surface area contributed by atoms with Gasteiger partial charge in [0.15, 0.2) is 0 Å². The Morgan fingerprint density at radius 3 is 2.70 bits per heavy atom. The summed E-state index contributed by atoms with van der Waals surface area (Å²) in [7, 11) is 0. The molecular weight excluding hydrogens is 122 g/mol. The molecule has 0 amide bonds. The lowest BCUT2D eigenvalue weighted by Gasteiger charge is -1.92. The minimum atomic E-state index is 0. The Kier molecular flexibility index (Phi) is 3.21. The average Bonchev–Trinajstić information content (AvgIpc) is 1.89. The van der Waals surface area contributed by atoms with E-state index in [9.17, 15) is 0 Å². The van der Waals surface area contributed by atoms with Gasteiger partial charge in [-0.3, -0.25) is 4.98 Å². The summed E-state index contributed by atoms with van der Waals surface area (Å²) in [5.74, 6) is 2.53. The number of hydrogen-bond donors (Lipinski definition) is 0. The Hall–Kier alpha value is -1.29. The molecule has 0 saturated heterocycles. The van der Waals surface area contributed by atoms with Gasteiger partial charge in [-0.05, 0) is 18.6 Å². The maximum atomic E-state index is 5.16. The highest BCUT2D eigenvalue weighted by atomic mass is 14.6. The molecule has 0 unspecified atom stereocenters. The highest BCUT2D eigenvalue weighted by Gasteiger charge is 1.88. The van der Waals surface area contributed by atoms with Crippen molar-refractivity contribution < 1.29 is 0 Å². The lowest BCUT2D eigenvalue weighted by atomic mass is 10.2. The van der Waals surface area contributed by atoms with Gasteiger partial charge < -0.3 is 0 Å². The van der Waals surface area contributed by atoms with E-state index in [4.69, 9.17) is 6.42 Å². The molecule has 0 aliphatic heterocycles. The second-order valence-corrected chi connectivity index (χ2v) is 1.83. The average molecular weight is 133 g/mol. The molecule has 0 saturated carbocycles. The smallest absolute Gasteiger partial charge is 0.0455 e. The first-order chi connectivity index (χ1) is 4.34. The maximum absolute atomic E-state index is 5.16. The van der Waals surface area contributed by atoms with Crippen LogP contribution in [0.25, 0.3) is 0 Å². The Morgan fingerprint density at radius 1 is 1.60 bits per heavy atom. The minimum Gasteiger partial charge on any atom is -0.263 e. The third-order valence-electron chi connectivity index (χ3n) is 1.19. The van der Waals surface area contributed by atoms with Gasteiger partial charge in [0.1, 0.15) is 0 Å². The van der Waals surface area contributed by atoms with E-state index in [1.54, 1.807) is 12.4 Å². The molecule has 1 heteroatoms. The van der Waals surface area contributed by atoms with Gasteiger partial charge in [-0.2, -0.15) is 0 Å². The van der Waals surface area contributed by atoms with Gasteiger partial charge in [-0.15, -0.1) is 6.42 Å². The number of nitrogens with zero attached hydrogens (tertiary/aromatic N) is 1. The Bertz CT molecular complexity index is 245. The van der Waals surface area contributed by atoms with Crippen LogP contribution in [0.3, 0.4) is 0 Å². The van der Waals surface area contributed by atoms with Crippen LogP contribution in [0.15, 0.2) is 18.5 Å². The molecular formula is C9H11N. The Balaban J connectivity index is 0.000000810. The molecule has 0 aromatic carbocycles. The molecule has 1 nitrogen and oxygen atoms in total. The van der Waals surface area contributed by atoms with E-state index in [1.807, 2.05) is 13.0 Å². The van der Waals surface area contributed by atoms with E-state index in [1.165, 1.54) is 0 Å². The van der Waals surface area contributed by atoms with E-state index in [2.05, 4.69) is 10.9 Å². The highest BCUT2D eigenvalue weighted by molar-refractivity contribution is 5.35. The topological polar surface area (TPSA) is 12.9 Å². The monoisotopic (exact) mass is 133 g/mol. The van der Waals surface area contributed by atoms with E-state index in [0.29, 0.717) is 0 Å². The van der Waals surface area contributed by atoms with Gasteiger partial charge >= 0.3 is 0 Å². The second-order valence-electron chi connectivity index (χ2n) is 1.83. The normalized spacial score (nSPS) is 7.60. The van der Waals surface area contributed by atoms with Crippen molar-refractivity contribution in [2.75, 3.05) is 0 Å². The van der Waals surface area contributed by atoms with E-state index < -0.39 is 0 Å². The number of pyridine rings is 1. The van der Waals surface area contributed by atoms with Crippen molar-refractivity contribution in [2.24, 2.45) is 0 Å². The summed E-state index contributed by atoms with van der Waals surface area (Å²) < 4.78 is 0. The molecule has 52 valence electrons. The third kappa shape index (κ3) is 1.60. The quantitative estimate of drug-likeness (QED) is 0.493. The van der Waals surface area contributed by atoms with Crippen LogP contribution in [0, 0.1) is 19.3 Å². The maximum Gasteiger partial charge on any atom is 0.0455 e. The first-order valence-corrected chi connectivity index (χ1v) is 2.72. The predicted molar refractivity (Wildman–Crippen MR) is 43.6 cm³/mol. The SMILES string of the molecule is C.C#Cc1cnccc1C. The zero-order valence-electron chi connectivity index (χ0n) is 5.26. The van der Waals surface area contributed by atoms with Crippen molar-refractivity contribution in [1.29, 1.82) is 0 Å². The molecule has 0 bridgehead atoms. The predicted octanol–water partition coefficient (Wildman–Crippen LogP) is 2.01. The second kappa shape index (κ2) is 3.68. The number of terminal acetylenes is 1. The Labute approximate surface area is 62.1 Å². The molecule has 1 heterocycles. The Morgan fingerprint density at radius 2 is 2.30 bits per heavy atom. The van der Waals surface area contributed by atoms with Gasteiger partial charge in [0.25, 0.3) is 0 Å². The van der Waals surface area contributed by atoms with Crippen molar-refractivity contribution in [3.05, 3.63) is 29.6 Å². The third-order valence-corrected chi connectivity index (χ3v) is 1.19. The summed E-state index contributed by atoms with van der Waals surface area (Å²) in [6.07, 6.45) is 8.58. The van der Waals surface area contributed by atoms with Crippen LogP contribution in [0.1, 0.15) is 18.6 Å². The molecule has 0 aliphatic rings. The summed E-state index contributed by atoms with van der Waals surface area (Å²) in [6, 6.07) is 1.90. The van der Waals surface area contributed by atoms with E-state index in [-0.39, 0.29) is 7.43 Å². The lowest BCUT2D eigenvalue weighted by Crippen LogP contribution is -1.81. The highest BCUT2D eigenvalue weighted by Crippen LogP contribution is 2.00. The summed E-state index contributed by atoms with van der Waals surface area (Å²) in [6.45, 7) is 1.97. The summed E-state index contributed by atoms with van der Waals surface area (Å²) in [4.78, 5) is 3.87. The van der Waals surface area contributed by atoms with Crippen molar-refractivity contribution in [1.82, 2.24) is 4.98 Å². The van der Waals surface area contributed by atoms with Crippen molar-refractivity contribution in [2.45, 2.75) is 14.4 Å². The zero-order valence-corrected chi connectivity index (χ0v) is 5.26. The van der Waals surface area contributed by atoms with Gasteiger partial charge in [0.05, 0.1) is 0 Å². The lowest BCUT2D eigenvalue weighted by molar-refractivity contribution is 1.27. The molecule has 0 spiro atoms. The molecule has 0 N–H and O–H groups in total. The molecule has 0 aliphatic carbocycles. The van der Waals surface area contributed by atoms with Crippen molar-refractivity contribution in [3.8, 4) is 12.3 Å². The van der Waals surface area contributed by atoms with Crippen LogP contribution in [0.5, 0.6) is 0 Å². The zero-order chi connectivity index (χ0) is 6.69. The van der Waals surface area contributed by atoms with Crippen LogP contribution in [0.4, 0.5) is 0 Å². The van der Waals surface area contributed by atoms with E-state index >= 15 is 0 Å². The number of aryl methyl sites for hydroxylation is 1. The molecule has 0 radical (unpaired) electrons. The van der Waals surface area contributed by atoms with Gasteiger partial charge in [-0.1, -0.05) is 13.3 Å². The van der Waals surface area contributed by atoms with Crippen molar-refractivity contribution >= 4 is 0 Å². The van der Waals surface area contributed by atoms with E-state index in [0.717, 1.165) is 11.1 Å². The summed E-state index contributed by atoms with van der Waals surface area (Å²) >= 11 is 0. The van der Waals surface area contributed by atoms with Gasteiger partial charge in [0, 0.05) is 18.0 Å². The van der Waals surface area contributed by atoms with Gasteiger partial charge in [0.2, 0.25) is 0 Å². The summed E-state index contributed by atoms with van der Waals surface area (Å²) in [5, 5.41) is 0. The molecule has 1 aromatic rings. The largest absolute Gasteiger partial charge is 0.263 e.